The average Bonchev–Trinajstić information content (AvgIpc) is 3.92. The van der Waals surface area contributed by atoms with Crippen molar-refractivity contribution in [1.82, 2.24) is 19.5 Å². The van der Waals surface area contributed by atoms with Crippen LogP contribution in [-0.2, 0) is 0 Å². The highest BCUT2D eigenvalue weighted by atomic mass is 32.1. The van der Waals surface area contributed by atoms with Gasteiger partial charge in [0.05, 0.1) is 11.0 Å². The van der Waals surface area contributed by atoms with Crippen LogP contribution in [0.5, 0.6) is 0 Å². The van der Waals surface area contributed by atoms with Crippen LogP contribution in [-0.4, -0.2) is 19.5 Å². The van der Waals surface area contributed by atoms with Gasteiger partial charge in [-0.25, -0.2) is 15.0 Å². The van der Waals surface area contributed by atoms with E-state index in [9.17, 15) is 0 Å². The molecule has 12 rings (SSSR count). The van der Waals surface area contributed by atoms with E-state index in [1.807, 2.05) is 30.3 Å². The van der Waals surface area contributed by atoms with Gasteiger partial charge in [0, 0.05) is 64.1 Å². The maximum atomic E-state index is 6.30. The highest BCUT2D eigenvalue weighted by Crippen LogP contribution is 2.40. The van der Waals surface area contributed by atoms with Crippen molar-refractivity contribution in [3.63, 3.8) is 0 Å². The fourth-order valence-corrected chi connectivity index (χ4v) is 9.44. The van der Waals surface area contributed by atoms with Crippen LogP contribution in [0, 0.1) is 0 Å². The normalized spacial score (nSPS) is 12.0. The van der Waals surface area contributed by atoms with Gasteiger partial charge < -0.3 is 8.98 Å². The lowest BCUT2D eigenvalue weighted by Gasteiger charge is -2.12. The van der Waals surface area contributed by atoms with E-state index >= 15 is 0 Å². The monoisotopic (exact) mass is 720 g/mol. The zero-order chi connectivity index (χ0) is 36.0. The molecule has 0 spiro atoms. The van der Waals surface area contributed by atoms with Crippen LogP contribution < -0.4 is 0 Å². The molecule has 0 radical (unpaired) electrons. The highest BCUT2D eigenvalue weighted by molar-refractivity contribution is 7.25. The number of benzene rings is 8. The fraction of sp³-hybridized carbons (Fsp3) is 0. The molecule has 5 nitrogen and oxygen atoms in total. The summed E-state index contributed by atoms with van der Waals surface area (Å²) >= 11 is 1.79. The molecular formula is C49H28N4OS. The molecule has 0 amide bonds. The Kier molecular flexibility index (Phi) is 6.44. The minimum Gasteiger partial charge on any atom is -0.456 e. The molecule has 0 aliphatic carbocycles. The molecule has 0 unspecified atom stereocenters. The summed E-state index contributed by atoms with van der Waals surface area (Å²) in [6.45, 7) is 0. The van der Waals surface area contributed by atoms with Crippen molar-refractivity contribution in [2.24, 2.45) is 0 Å². The molecule has 55 heavy (non-hydrogen) atoms. The Balaban J connectivity index is 1.09. The third-order valence-corrected chi connectivity index (χ3v) is 12.0. The first kappa shape index (κ1) is 30.3. The predicted molar refractivity (Wildman–Crippen MR) is 228 cm³/mol. The quantitative estimate of drug-likeness (QED) is 0.182. The summed E-state index contributed by atoms with van der Waals surface area (Å²) in [7, 11) is 0. The van der Waals surface area contributed by atoms with Gasteiger partial charge in [0.1, 0.15) is 11.2 Å². The zero-order valence-electron chi connectivity index (χ0n) is 29.3. The number of hydrogen-bond donors (Lipinski definition) is 0. The van der Waals surface area contributed by atoms with Crippen molar-refractivity contribution in [3.05, 3.63) is 170 Å². The number of nitrogens with zero attached hydrogens (tertiary/aromatic N) is 4. The Morgan fingerprint density at radius 2 is 1.09 bits per heavy atom. The summed E-state index contributed by atoms with van der Waals surface area (Å²) < 4.78 is 11.1. The molecule has 4 heterocycles. The van der Waals surface area contributed by atoms with Gasteiger partial charge in [-0.05, 0) is 65.4 Å². The first-order chi connectivity index (χ1) is 27.2. The van der Waals surface area contributed by atoms with E-state index < -0.39 is 0 Å². The first-order valence-corrected chi connectivity index (χ1v) is 19.2. The van der Waals surface area contributed by atoms with Crippen molar-refractivity contribution in [2.75, 3.05) is 0 Å². The minimum atomic E-state index is 0.599. The maximum Gasteiger partial charge on any atom is 0.164 e. The number of fused-ring (bicyclic) bond motifs is 10. The third kappa shape index (κ3) is 4.68. The zero-order valence-corrected chi connectivity index (χ0v) is 30.1. The summed E-state index contributed by atoms with van der Waals surface area (Å²) in [4.78, 5) is 15.7. The van der Waals surface area contributed by atoms with Gasteiger partial charge in [0.15, 0.2) is 17.5 Å². The van der Waals surface area contributed by atoms with Gasteiger partial charge in [-0.15, -0.1) is 11.3 Å². The third-order valence-electron chi connectivity index (χ3n) is 10.8. The van der Waals surface area contributed by atoms with Crippen molar-refractivity contribution < 1.29 is 4.42 Å². The molecule has 4 aromatic heterocycles. The van der Waals surface area contributed by atoms with Gasteiger partial charge >= 0.3 is 0 Å². The molecule has 0 aliphatic rings. The summed E-state index contributed by atoms with van der Waals surface area (Å²) in [5, 5.41) is 9.40. The number of aromatic nitrogens is 4. The van der Waals surface area contributed by atoms with Gasteiger partial charge in [0.2, 0.25) is 0 Å². The van der Waals surface area contributed by atoms with Crippen molar-refractivity contribution in [1.29, 1.82) is 0 Å². The molecule has 6 heteroatoms. The summed E-state index contributed by atoms with van der Waals surface area (Å²) in [6, 6.07) is 59.8. The van der Waals surface area contributed by atoms with Gasteiger partial charge in [-0.3, -0.25) is 0 Å². The molecule has 0 saturated carbocycles. The Bertz CT molecular complexity index is 3520. The second kappa shape index (κ2) is 11.7. The Morgan fingerprint density at radius 3 is 1.98 bits per heavy atom. The largest absolute Gasteiger partial charge is 0.456 e. The van der Waals surface area contributed by atoms with Crippen LogP contribution >= 0.6 is 11.3 Å². The second-order valence-corrected chi connectivity index (χ2v) is 15.1. The van der Waals surface area contributed by atoms with E-state index in [2.05, 4.69) is 144 Å². The van der Waals surface area contributed by atoms with Crippen molar-refractivity contribution in [3.8, 4) is 39.9 Å². The molecular weight excluding hydrogens is 693 g/mol. The molecule has 0 saturated heterocycles. The van der Waals surface area contributed by atoms with Gasteiger partial charge in [-0.1, -0.05) is 115 Å². The smallest absolute Gasteiger partial charge is 0.164 e. The van der Waals surface area contributed by atoms with E-state index in [-0.39, 0.29) is 0 Å². The number of thiophene rings is 1. The van der Waals surface area contributed by atoms with E-state index in [1.165, 1.54) is 41.7 Å². The van der Waals surface area contributed by atoms with Crippen LogP contribution in [0.3, 0.4) is 0 Å². The highest BCUT2D eigenvalue weighted by Gasteiger charge is 2.20. The summed E-state index contributed by atoms with van der Waals surface area (Å²) in [6.07, 6.45) is 0. The molecule has 0 aliphatic heterocycles. The summed E-state index contributed by atoms with van der Waals surface area (Å²) in [5.74, 6) is 1.83. The van der Waals surface area contributed by atoms with Crippen molar-refractivity contribution >= 4 is 86.0 Å². The van der Waals surface area contributed by atoms with Gasteiger partial charge in [0.25, 0.3) is 0 Å². The van der Waals surface area contributed by atoms with E-state index in [4.69, 9.17) is 19.4 Å². The molecule has 0 atom stereocenters. The topological polar surface area (TPSA) is 56.7 Å². The first-order valence-electron chi connectivity index (χ1n) is 18.3. The van der Waals surface area contributed by atoms with Crippen molar-refractivity contribution in [2.45, 2.75) is 0 Å². The maximum absolute atomic E-state index is 6.30. The van der Waals surface area contributed by atoms with Crippen LogP contribution in [0.15, 0.2) is 174 Å². The molecule has 0 bridgehead atoms. The number of hydrogen-bond acceptors (Lipinski definition) is 5. The average molecular weight is 721 g/mol. The van der Waals surface area contributed by atoms with E-state index in [0.29, 0.717) is 17.5 Å². The SMILES string of the molecule is c1cc(-c2nc(-c3ccc4c(c3)sc3ccccc34)nc(-c3cccc4oc5ccccc5c34)n2)cc(-n2c3ccccc3c3cc4ccccc4cc32)c1. The standard InChI is InChI=1S/C49H28N4OS/c1-2-12-30-27-41-39(26-29(30)11-1)34-15-3-6-19-40(34)53(41)33-14-9-13-31(25-33)47-50-48(32-23-24-36-35-16-5-8-22-44(35)55-45(36)28-32)52-49(51-47)38-18-10-21-43-46(38)37-17-4-7-20-42(37)54-43/h1-28H. The Labute approximate surface area is 318 Å². The molecule has 8 aromatic carbocycles. The van der Waals surface area contributed by atoms with Crippen LogP contribution in [0.2, 0.25) is 0 Å². The predicted octanol–water partition coefficient (Wildman–Crippen LogP) is 13.4. The minimum absolute atomic E-state index is 0.599. The molecule has 0 N–H and O–H groups in total. The molecule has 0 fully saturated rings. The van der Waals surface area contributed by atoms with E-state index in [0.717, 1.165) is 55.3 Å². The Hall–Kier alpha value is -7.15. The fourth-order valence-electron chi connectivity index (χ4n) is 8.30. The van der Waals surface area contributed by atoms with Gasteiger partial charge in [-0.2, -0.15) is 0 Å². The molecule has 256 valence electrons. The lowest BCUT2D eigenvalue weighted by atomic mass is 10.1. The van der Waals surface area contributed by atoms with Crippen LogP contribution in [0.4, 0.5) is 0 Å². The lowest BCUT2D eigenvalue weighted by molar-refractivity contribution is 0.669. The Morgan fingerprint density at radius 1 is 0.418 bits per heavy atom. The number of furan rings is 1. The second-order valence-electron chi connectivity index (χ2n) is 14.0. The van der Waals surface area contributed by atoms with E-state index in [1.54, 1.807) is 11.3 Å². The number of para-hydroxylation sites is 2. The summed E-state index contributed by atoms with van der Waals surface area (Å²) in [5.41, 5.74) is 7.73. The number of rotatable bonds is 4. The lowest BCUT2D eigenvalue weighted by Crippen LogP contribution is -2.01. The molecule has 12 aromatic rings. The van der Waals surface area contributed by atoms with Crippen LogP contribution in [0.1, 0.15) is 0 Å². The van der Waals surface area contributed by atoms with Crippen LogP contribution in [0.25, 0.3) is 115 Å².